The summed E-state index contributed by atoms with van der Waals surface area (Å²) in [5.74, 6) is 0.359. The molecule has 9 heteroatoms. The first-order valence-corrected chi connectivity index (χ1v) is 11.5. The van der Waals surface area contributed by atoms with Crippen LogP contribution in [-0.2, 0) is 26.0 Å². The third-order valence-electron chi connectivity index (χ3n) is 4.77. The van der Waals surface area contributed by atoms with Gasteiger partial charge in [-0.25, -0.2) is 8.42 Å². The van der Waals surface area contributed by atoms with Crippen LogP contribution in [0, 0.1) is 6.92 Å². The molecule has 0 aromatic heterocycles. The highest BCUT2D eigenvalue weighted by Gasteiger charge is 2.26. The second kappa shape index (κ2) is 10.3. The van der Waals surface area contributed by atoms with Crippen LogP contribution in [0.3, 0.4) is 0 Å². The number of nitrogens with one attached hydrogen (secondary N) is 1. The highest BCUT2D eigenvalue weighted by Crippen LogP contribution is 2.21. The van der Waals surface area contributed by atoms with Crippen molar-refractivity contribution < 1.29 is 22.7 Å². The molecule has 0 atom stereocenters. The number of sulfonamides is 1. The molecule has 1 saturated heterocycles. The van der Waals surface area contributed by atoms with Gasteiger partial charge < -0.3 is 14.8 Å². The molecule has 162 valence electrons. The molecular weight excluding hydrogens is 428 g/mol. The average Bonchev–Trinajstić information content (AvgIpc) is 2.75. The summed E-state index contributed by atoms with van der Waals surface area (Å²) in [6.45, 7) is 3.78. The van der Waals surface area contributed by atoms with Crippen molar-refractivity contribution in [2.24, 2.45) is 0 Å². The molecule has 30 heavy (non-hydrogen) atoms. The summed E-state index contributed by atoms with van der Waals surface area (Å²) in [5.41, 5.74) is 1.82. The Hall–Kier alpha value is -2.13. The van der Waals surface area contributed by atoms with Crippen LogP contribution < -0.4 is 10.1 Å². The predicted octanol–water partition coefficient (Wildman–Crippen LogP) is 2.41. The van der Waals surface area contributed by atoms with Gasteiger partial charge in [-0.1, -0.05) is 23.7 Å². The maximum absolute atomic E-state index is 12.6. The first kappa shape index (κ1) is 22.6. The summed E-state index contributed by atoms with van der Waals surface area (Å²) < 4.78 is 37.4. The van der Waals surface area contributed by atoms with Gasteiger partial charge in [-0.2, -0.15) is 4.31 Å². The molecule has 1 amide bonds. The number of benzene rings is 2. The Morgan fingerprint density at radius 3 is 2.53 bits per heavy atom. The zero-order valence-corrected chi connectivity index (χ0v) is 18.3. The second-order valence-corrected chi connectivity index (χ2v) is 9.31. The number of carbonyl (C=O) groups is 1. The van der Waals surface area contributed by atoms with Crippen LogP contribution >= 0.6 is 11.6 Å². The number of carbonyl (C=O) groups excluding carboxylic acids is 1. The Morgan fingerprint density at radius 1 is 1.17 bits per heavy atom. The van der Waals surface area contributed by atoms with Gasteiger partial charge in [-0.15, -0.1) is 0 Å². The van der Waals surface area contributed by atoms with E-state index in [1.165, 1.54) is 4.31 Å². The first-order valence-electron chi connectivity index (χ1n) is 9.69. The molecule has 1 fully saturated rings. The number of morpholine rings is 1. The molecule has 1 heterocycles. The van der Waals surface area contributed by atoms with Crippen LogP contribution in [0.15, 0.2) is 47.4 Å². The number of hydrogen-bond donors (Lipinski definition) is 1. The topological polar surface area (TPSA) is 84.9 Å². The lowest BCUT2D eigenvalue weighted by molar-refractivity contribution is -0.123. The highest BCUT2D eigenvalue weighted by atomic mass is 35.5. The Labute approximate surface area is 182 Å². The molecule has 2 aromatic rings. The van der Waals surface area contributed by atoms with E-state index in [4.69, 9.17) is 21.1 Å². The summed E-state index contributed by atoms with van der Waals surface area (Å²) in [6.07, 6.45) is 0.587. The molecule has 0 spiro atoms. The minimum Gasteiger partial charge on any atom is -0.484 e. The quantitative estimate of drug-likeness (QED) is 0.664. The Morgan fingerprint density at radius 2 is 1.87 bits per heavy atom. The van der Waals surface area contributed by atoms with Crippen molar-refractivity contribution >= 4 is 27.5 Å². The standard InChI is InChI=1S/C21H25ClN2O5S/c1-16-14-18(4-7-20(16)22)29-15-21(25)23-9-8-17-2-5-19(6-3-17)30(26,27)24-10-12-28-13-11-24/h2-7,14H,8-13,15H2,1H3,(H,23,25). The molecular formula is C21H25ClN2O5S. The van der Waals surface area contributed by atoms with Gasteiger partial charge in [0.15, 0.2) is 6.61 Å². The van der Waals surface area contributed by atoms with Crippen LogP contribution in [0.25, 0.3) is 0 Å². The normalized spacial score (nSPS) is 15.0. The molecule has 1 aliphatic rings. The molecule has 0 radical (unpaired) electrons. The summed E-state index contributed by atoms with van der Waals surface area (Å²) in [6, 6.07) is 12.0. The maximum atomic E-state index is 12.6. The van der Waals surface area contributed by atoms with E-state index in [2.05, 4.69) is 5.32 Å². The van der Waals surface area contributed by atoms with Gasteiger partial charge in [0.05, 0.1) is 18.1 Å². The molecule has 1 aliphatic heterocycles. The van der Waals surface area contributed by atoms with E-state index in [1.54, 1.807) is 42.5 Å². The molecule has 7 nitrogen and oxygen atoms in total. The molecule has 0 unspecified atom stereocenters. The van der Waals surface area contributed by atoms with E-state index in [-0.39, 0.29) is 17.4 Å². The molecule has 0 bridgehead atoms. The van der Waals surface area contributed by atoms with Crippen molar-refractivity contribution in [2.75, 3.05) is 39.5 Å². The van der Waals surface area contributed by atoms with Crippen molar-refractivity contribution in [3.05, 3.63) is 58.6 Å². The largest absolute Gasteiger partial charge is 0.484 e. The third-order valence-corrected chi connectivity index (χ3v) is 7.10. The van der Waals surface area contributed by atoms with Gasteiger partial charge in [0.2, 0.25) is 10.0 Å². The Bertz CT molecular complexity index is 973. The average molecular weight is 453 g/mol. The zero-order valence-electron chi connectivity index (χ0n) is 16.8. The van der Waals surface area contributed by atoms with Crippen LogP contribution in [0.5, 0.6) is 5.75 Å². The minimum atomic E-state index is -3.49. The number of aryl methyl sites for hydroxylation is 1. The monoisotopic (exact) mass is 452 g/mol. The van der Waals surface area contributed by atoms with Gasteiger partial charge in [-0.3, -0.25) is 4.79 Å². The van der Waals surface area contributed by atoms with Crippen molar-refractivity contribution in [3.8, 4) is 5.75 Å². The van der Waals surface area contributed by atoms with Crippen LogP contribution in [-0.4, -0.2) is 58.1 Å². The van der Waals surface area contributed by atoms with Gasteiger partial charge in [0, 0.05) is 24.7 Å². The van der Waals surface area contributed by atoms with E-state index in [0.717, 1.165) is 11.1 Å². The Kier molecular flexibility index (Phi) is 7.71. The van der Waals surface area contributed by atoms with E-state index < -0.39 is 10.0 Å². The summed E-state index contributed by atoms with van der Waals surface area (Å²) in [7, 11) is -3.49. The third kappa shape index (κ3) is 5.95. The maximum Gasteiger partial charge on any atom is 0.257 e. The van der Waals surface area contributed by atoms with E-state index in [0.29, 0.717) is 50.0 Å². The Balaban J connectivity index is 1.44. The summed E-state index contributed by atoms with van der Waals surface area (Å²) in [5, 5.41) is 3.44. The fourth-order valence-electron chi connectivity index (χ4n) is 3.02. The molecule has 0 saturated carbocycles. The minimum absolute atomic E-state index is 0.0855. The molecule has 0 aliphatic carbocycles. The number of amides is 1. The number of rotatable bonds is 8. The fourth-order valence-corrected chi connectivity index (χ4v) is 4.54. The summed E-state index contributed by atoms with van der Waals surface area (Å²) in [4.78, 5) is 12.2. The van der Waals surface area contributed by atoms with E-state index in [1.807, 2.05) is 6.92 Å². The fraction of sp³-hybridized carbons (Fsp3) is 0.381. The molecule has 1 N–H and O–H groups in total. The van der Waals surface area contributed by atoms with Gasteiger partial charge in [-0.05, 0) is 54.8 Å². The lowest BCUT2D eigenvalue weighted by Gasteiger charge is -2.26. The summed E-state index contributed by atoms with van der Waals surface area (Å²) >= 11 is 5.97. The lowest BCUT2D eigenvalue weighted by Crippen LogP contribution is -2.40. The second-order valence-electron chi connectivity index (χ2n) is 6.96. The lowest BCUT2D eigenvalue weighted by atomic mass is 10.1. The van der Waals surface area contributed by atoms with Gasteiger partial charge in [0.25, 0.3) is 5.91 Å². The van der Waals surface area contributed by atoms with E-state index >= 15 is 0 Å². The number of ether oxygens (including phenoxy) is 2. The van der Waals surface area contributed by atoms with E-state index in [9.17, 15) is 13.2 Å². The SMILES string of the molecule is Cc1cc(OCC(=O)NCCc2ccc(S(=O)(=O)N3CCOCC3)cc2)ccc1Cl. The number of nitrogens with zero attached hydrogens (tertiary/aromatic N) is 1. The van der Waals surface area contributed by atoms with Crippen LogP contribution in [0.2, 0.25) is 5.02 Å². The predicted molar refractivity (Wildman–Crippen MR) is 114 cm³/mol. The van der Waals surface area contributed by atoms with Crippen molar-refractivity contribution in [1.82, 2.24) is 9.62 Å². The van der Waals surface area contributed by atoms with Gasteiger partial charge in [0.1, 0.15) is 5.75 Å². The van der Waals surface area contributed by atoms with Crippen LogP contribution in [0.4, 0.5) is 0 Å². The number of halogens is 1. The van der Waals surface area contributed by atoms with Gasteiger partial charge >= 0.3 is 0 Å². The molecule has 2 aromatic carbocycles. The zero-order chi connectivity index (χ0) is 21.6. The van der Waals surface area contributed by atoms with Crippen molar-refractivity contribution in [3.63, 3.8) is 0 Å². The smallest absolute Gasteiger partial charge is 0.257 e. The van der Waals surface area contributed by atoms with Crippen molar-refractivity contribution in [1.29, 1.82) is 0 Å². The highest BCUT2D eigenvalue weighted by molar-refractivity contribution is 7.89. The number of hydrogen-bond acceptors (Lipinski definition) is 5. The molecule has 3 rings (SSSR count). The van der Waals surface area contributed by atoms with Crippen molar-refractivity contribution in [2.45, 2.75) is 18.2 Å². The first-order chi connectivity index (χ1) is 14.4. The van der Waals surface area contributed by atoms with Crippen LogP contribution in [0.1, 0.15) is 11.1 Å².